The monoisotopic (exact) mass is 262 g/mol. The van der Waals surface area contributed by atoms with Gasteiger partial charge in [0.25, 0.3) is 0 Å². The van der Waals surface area contributed by atoms with E-state index in [4.69, 9.17) is 0 Å². The third-order valence-electron chi connectivity index (χ3n) is 3.71. The summed E-state index contributed by atoms with van der Waals surface area (Å²) in [6.07, 6.45) is 9.24. The molecule has 4 rings (SSSR count). The molecule has 0 amide bonds. The molecule has 19 heavy (non-hydrogen) atoms. The van der Waals surface area contributed by atoms with E-state index in [9.17, 15) is 0 Å². The fourth-order valence-electron chi connectivity index (χ4n) is 2.83. The molecule has 0 saturated carbocycles. The van der Waals surface area contributed by atoms with E-state index in [0.29, 0.717) is 0 Å². The largest absolute Gasteiger partial charge is 0.135 e. The lowest BCUT2D eigenvalue weighted by molar-refractivity contribution is 1.04. The zero-order valence-corrected chi connectivity index (χ0v) is 11.4. The summed E-state index contributed by atoms with van der Waals surface area (Å²) in [5, 5.41) is 2.80. The molecule has 0 bridgehead atoms. The fourth-order valence-corrected chi connectivity index (χ4v) is 3.96. The molecule has 1 heterocycles. The molecule has 2 aromatic carbocycles. The van der Waals surface area contributed by atoms with Gasteiger partial charge in [-0.1, -0.05) is 48.6 Å². The van der Waals surface area contributed by atoms with Crippen molar-refractivity contribution in [2.45, 2.75) is 12.8 Å². The van der Waals surface area contributed by atoms with Gasteiger partial charge >= 0.3 is 0 Å². The smallest absolute Gasteiger partial charge is 0.0361 e. The van der Waals surface area contributed by atoms with E-state index in [1.54, 1.807) is 0 Å². The van der Waals surface area contributed by atoms with Crippen molar-refractivity contribution in [3.05, 3.63) is 66.3 Å². The molecule has 1 heteroatoms. The molecule has 1 aliphatic carbocycles. The number of allylic oxidation sites excluding steroid dienone is 4. The van der Waals surface area contributed by atoms with E-state index >= 15 is 0 Å². The van der Waals surface area contributed by atoms with E-state index in [2.05, 4.69) is 60.7 Å². The molecule has 0 aliphatic heterocycles. The molecule has 0 fully saturated rings. The molecule has 0 radical (unpaired) electrons. The zero-order chi connectivity index (χ0) is 12.7. The van der Waals surface area contributed by atoms with Gasteiger partial charge in [0.1, 0.15) is 0 Å². The third kappa shape index (κ3) is 1.73. The van der Waals surface area contributed by atoms with Gasteiger partial charge in [-0.25, -0.2) is 0 Å². The lowest BCUT2D eigenvalue weighted by Gasteiger charge is -2.09. The number of fused-ring (bicyclic) bond motifs is 3. The Bertz CT molecular complexity index is 818. The number of rotatable bonds is 1. The van der Waals surface area contributed by atoms with Gasteiger partial charge in [0.2, 0.25) is 0 Å². The summed E-state index contributed by atoms with van der Waals surface area (Å²) in [5.41, 5.74) is 2.76. The van der Waals surface area contributed by atoms with Crippen molar-refractivity contribution in [1.29, 1.82) is 0 Å². The second-order valence-electron chi connectivity index (χ2n) is 4.92. The first kappa shape index (κ1) is 11.0. The molecule has 1 aliphatic rings. The second kappa shape index (κ2) is 4.36. The van der Waals surface area contributed by atoms with Crippen molar-refractivity contribution in [2.24, 2.45) is 0 Å². The Hall–Kier alpha value is -1.86. The van der Waals surface area contributed by atoms with Crippen LogP contribution in [0.4, 0.5) is 0 Å². The third-order valence-corrected chi connectivity index (χ3v) is 4.84. The van der Waals surface area contributed by atoms with Crippen molar-refractivity contribution in [3.8, 4) is 0 Å². The van der Waals surface area contributed by atoms with Gasteiger partial charge in [0, 0.05) is 20.2 Å². The first-order valence-electron chi connectivity index (χ1n) is 6.71. The molecule has 0 unspecified atom stereocenters. The highest BCUT2D eigenvalue weighted by Crippen LogP contribution is 2.38. The van der Waals surface area contributed by atoms with E-state index in [1.807, 2.05) is 11.3 Å². The molecule has 92 valence electrons. The quantitative estimate of drug-likeness (QED) is 0.521. The van der Waals surface area contributed by atoms with Crippen molar-refractivity contribution < 1.29 is 0 Å². The Morgan fingerprint density at radius 2 is 1.74 bits per heavy atom. The molecule has 0 saturated heterocycles. The van der Waals surface area contributed by atoms with Crippen LogP contribution in [0.15, 0.2) is 60.7 Å². The summed E-state index contributed by atoms with van der Waals surface area (Å²) in [5.74, 6) is 0. The second-order valence-corrected chi connectivity index (χ2v) is 6.00. The van der Waals surface area contributed by atoms with Gasteiger partial charge in [-0.05, 0) is 36.1 Å². The first-order chi connectivity index (χ1) is 9.43. The summed E-state index contributed by atoms with van der Waals surface area (Å²) in [4.78, 5) is 0. The summed E-state index contributed by atoms with van der Waals surface area (Å²) in [6.45, 7) is 0. The maximum Gasteiger partial charge on any atom is 0.0361 e. The van der Waals surface area contributed by atoms with Crippen LogP contribution in [0.1, 0.15) is 18.4 Å². The molecule has 0 atom stereocenters. The molecule has 3 aromatic rings. The summed E-state index contributed by atoms with van der Waals surface area (Å²) in [7, 11) is 0. The van der Waals surface area contributed by atoms with E-state index in [0.717, 1.165) is 6.42 Å². The van der Waals surface area contributed by atoms with Gasteiger partial charge in [-0.3, -0.25) is 0 Å². The van der Waals surface area contributed by atoms with Gasteiger partial charge in [0.05, 0.1) is 0 Å². The van der Waals surface area contributed by atoms with Gasteiger partial charge < -0.3 is 0 Å². The summed E-state index contributed by atoms with van der Waals surface area (Å²) >= 11 is 1.89. The number of hydrogen-bond acceptors (Lipinski definition) is 1. The number of benzene rings is 2. The first-order valence-corrected chi connectivity index (χ1v) is 7.52. The Morgan fingerprint density at radius 3 is 2.63 bits per heavy atom. The maximum atomic E-state index is 2.36. The molecule has 1 aromatic heterocycles. The van der Waals surface area contributed by atoms with Gasteiger partial charge in [-0.15, -0.1) is 11.3 Å². The lowest BCUT2D eigenvalue weighted by Crippen LogP contribution is -1.86. The predicted octanol–water partition coefficient (Wildman–Crippen LogP) is 5.79. The van der Waals surface area contributed by atoms with E-state index in [1.165, 1.54) is 37.7 Å². The highest BCUT2D eigenvalue weighted by molar-refractivity contribution is 7.25. The maximum absolute atomic E-state index is 2.36. The number of thiophene rings is 1. The zero-order valence-electron chi connectivity index (χ0n) is 10.6. The average molecular weight is 262 g/mol. The standard InChI is InChI=1S/C18H14S/c1-2-7-13(8-3-1)14-10-6-12-17-18(14)15-9-4-5-11-16(15)19-17/h2,4-12H,1,3H2. The molecular formula is C18H14S. The minimum absolute atomic E-state index is 1.16. The van der Waals surface area contributed by atoms with E-state index in [-0.39, 0.29) is 0 Å². The highest BCUT2D eigenvalue weighted by atomic mass is 32.1. The van der Waals surface area contributed by atoms with Crippen LogP contribution in [0.3, 0.4) is 0 Å². The minimum Gasteiger partial charge on any atom is -0.135 e. The Labute approximate surface area is 116 Å². The Balaban J connectivity index is 2.10. The van der Waals surface area contributed by atoms with Crippen molar-refractivity contribution in [3.63, 3.8) is 0 Å². The van der Waals surface area contributed by atoms with Gasteiger partial charge in [-0.2, -0.15) is 0 Å². The van der Waals surface area contributed by atoms with Crippen LogP contribution in [0.2, 0.25) is 0 Å². The minimum atomic E-state index is 1.16. The van der Waals surface area contributed by atoms with Crippen LogP contribution >= 0.6 is 11.3 Å². The topological polar surface area (TPSA) is 0 Å². The van der Waals surface area contributed by atoms with Gasteiger partial charge in [0.15, 0.2) is 0 Å². The average Bonchev–Trinajstić information content (AvgIpc) is 2.86. The lowest BCUT2D eigenvalue weighted by atomic mass is 9.95. The van der Waals surface area contributed by atoms with Crippen molar-refractivity contribution in [2.75, 3.05) is 0 Å². The normalized spacial score (nSPS) is 15.1. The van der Waals surface area contributed by atoms with Crippen LogP contribution in [-0.4, -0.2) is 0 Å². The molecular weight excluding hydrogens is 248 g/mol. The fraction of sp³-hybridized carbons (Fsp3) is 0.111. The summed E-state index contributed by atoms with van der Waals surface area (Å²) < 4.78 is 2.77. The van der Waals surface area contributed by atoms with E-state index < -0.39 is 0 Å². The predicted molar refractivity (Wildman–Crippen MR) is 85.7 cm³/mol. The molecule has 0 spiro atoms. The van der Waals surface area contributed by atoms with Crippen LogP contribution in [0.25, 0.3) is 25.7 Å². The van der Waals surface area contributed by atoms with Crippen LogP contribution in [0.5, 0.6) is 0 Å². The SMILES string of the molecule is C1=CC(c2cccc3sc4ccccc4c23)=CCC1. The Kier molecular flexibility index (Phi) is 2.52. The summed E-state index contributed by atoms with van der Waals surface area (Å²) in [6, 6.07) is 15.4. The van der Waals surface area contributed by atoms with Crippen molar-refractivity contribution in [1.82, 2.24) is 0 Å². The number of hydrogen-bond donors (Lipinski definition) is 0. The van der Waals surface area contributed by atoms with Crippen LogP contribution < -0.4 is 0 Å². The van der Waals surface area contributed by atoms with Crippen LogP contribution in [-0.2, 0) is 0 Å². The molecule has 0 N–H and O–H groups in total. The molecule has 0 nitrogen and oxygen atoms in total. The van der Waals surface area contributed by atoms with Crippen molar-refractivity contribution >= 4 is 37.1 Å². The van der Waals surface area contributed by atoms with Crippen LogP contribution in [0, 0.1) is 0 Å². The Morgan fingerprint density at radius 1 is 0.842 bits per heavy atom. The highest BCUT2D eigenvalue weighted by Gasteiger charge is 2.11.